The Labute approximate surface area is 182 Å². The molecule has 0 radical (unpaired) electrons. The summed E-state index contributed by atoms with van der Waals surface area (Å²) in [5, 5.41) is 11.5. The molecule has 0 saturated heterocycles. The third-order valence-electron chi connectivity index (χ3n) is 3.93. The van der Waals surface area contributed by atoms with E-state index in [2.05, 4.69) is 26.0 Å². The molecule has 2 rings (SSSR count). The predicted molar refractivity (Wildman–Crippen MR) is 118 cm³/mol. The lowest BCUT2D eigenvalue weighted by molar-refractivity contribution is -0.136. The molecule has 0 heterocycles. The minimum Gasteiger partial charge on any atom is -0.481 e. The molecule has 0 aliphatic carbocycles. The number of amides is 1. The Balaban J connectivity index is 2.12. The van der Waals surface area contributed by atoms with Crippen LogP contribution < -0.4 is 10.0 Å². The number of halogens is 1. The van der Waals surface area contributed by atoms with Gasteiger partial charge in [-0.2, -0.15) is 16.5 Å². The largest absolute Gasteiger partial charge is 0.481 e. The molecular formula is C19H21BrN2O5S2. The van der Waals surface area contributed by atoms with Crippen molar-refractivity contribution >= 4 is 55.3 Å². The summed E-state index contributed by atoms with van der Waals surface area (Å²) in [5.41, 5.74) is 1.06. The SMILES string of the molecule is CSCCC(NS(=O)(=O)c1ccc(Br)cc1)C(=O)Nc1ccc(CC(=O)O)cc1. The van der Waals surface area contributed by atoms with Crippen LogP contribution in [0, 0.1) is 0 Å². The maximum atomic E-state index is 12.7. The van der Waals surface area contributed by atoms with E-state index in [0.717, 1.165) is 4.47 Å². The van der Waals surface area contributed by atoms with Crippen LogP contribution in [0.2, 0.25) is 0 Å². The van der Waals surface area contributed by atoms with Gasteiger partial charge in [-0.1, -0.05) is 28.1 Å². The number of carbonyl (C=O) groups is 2. The molecule has 7 nitrogen and oxygen atoms in total. The smallest absolute Gasteiger partial charge is 0.307 e. The highest BCUT2D eigenvalue weighted by Gasteiger charge is 2.25. The average Bonchev–Trinajstić information content (AvgIpc) is 2.66. The monoisotopic (exact) mass is 500 g/mol. The van der Waals surface area contributed by atoms with E-state index in [0.29, 0.717) is 23.4 Å². The zero-order chi connectivity index (χ0) is 21.4. The second-order valence-corrected chi connectivity index (χ2v) is 9.78. The molecule has 1 unspecified atom stereocenters. The molecule has 29 heavy (non-hydrogen) atoms. The topological polar surface area (TPSA) is 113 Å². The Hall–Kier alpha value is -1.88. The van der Waals surface area contributed by atoms with E-state index in [1.54, 1.807) is 36.4 Å². The third-order valence-corrected chi connectivity index (χ3v) is 6.59. The summed E-state index contributed by atoms with van der Waals surface area (Å²) >= 11 is 4.77. The molecule has 0 aliphatic heterocycles. The van der Waals surface area contributed by atoms with Gasteiger partial charge in [-0.15, -0.1) is 0 Å². The fraction of sp³-hybridized carbons (Fsp3) is 0.263. The molecule has 0 aliphatic rings. The number of hydrogen-bond acceptors (Lipinski definition) is 5. The Kier molecular flexibility index (Phi) is 8.69. The third kappa shape index (κ3) is 7.46. The fourth-order valence-electron chi connectivity index (χ4n) is 2.46. The van der Waals surface area contributed by atoms with Crippen LogP contribution in [0.3, 0.4) is 0 Å². The predicted octanol–water partition coefficient (Wildman–Crippen LogP) is 3.11. The van der Waals surface area contributed by atoms with Crippen LogP contribution in [0.4, 0.5) is 5.69 Å². The first-order valence-corrected chi connectivity index (χ1v) is 12.3. The van der Waals surface area contributed by atoms with Gasteiger partial charge in [-0.25, -0.2) is 8.42 Å². The number of carboxylic acids is 1. The van der Waals surface area contributed by atoms with Crippen LogP contribution in [-0.4, -0.2) is 43.5 Å². The van der Waals surface area contributed by atoms with Gasteiger partial charge in [0.2, 0.25) is 15.9 Å². The first-order valence-electron chi connectivity index (χ1n) is 8.59. The Morgan fingerprint density at radius 3 is 2.28 bits per heavy atom. The van der Waals surface area contributed by atoms with Crippen molar-refractivity contribution in [3.8, 4) is 0 Å². The van der Waals surface area contributed by atoms with Gasteiger partial charge >= 0.3 is 5.97 Å². The Morgan fingerprint density at radius 2 is 1.72 bits per heavy atom. The summed E-state index contributed by atoms with van der Waals surface area (Å²) in [7, 11) is -3.87. The van der Waals surface area contributed by atoms with Gasteiger partial charge in [0.05, 0.1) is 11.3 Å². The molecule has 0 spiro atoms. The first kappa shape index (κ1) is 23.4. The summed E-state index contributed by atoms with van der Waals surface area (Å²) in [6, 6.07) is 11.6. The molecule has 1 amide bonds. The van der Waals surface area contributed by atoms with Crippen molar-refractivity contribution in [2.24, 2.45) is 0 Å². The van der Waals surface area contributed by atoms with Crippen molar-refractivity contribution in [3.05, 3.63) is 58.6 Å². The summed E-state index contributed by atoms with van der Waals surface area (Å²) in [5.74, 6) is -0.828. The fourth-order valence-corrected chi connectivity index (χ4v) is 4.42. The second kappa shape index (κ2) is 10.8. The van der Waals surface area contributed by atoms with Gasteiger partial charge < -0.3 is 10.4 Å². The van der Waals surface area contributed by atoms with E-state index < -0.39 is 27.9 Å². The number of sulfonamides is 1. The van der Waals surface area contributed by atoms with Crippen LogP contribution in [-0.2, 0) is 26.0 Å². The lowest BCUT2D eigenvalue weighted by Crippen LogP contribution is -2.44. The van der Waals surface area contributed by atoms with Crippen LogP contribution in [0.15, 0.2) is 57.9 Å². The highest BCUT2D eigenvalue weighted by molar-refractivity contribution is 9.10. The molecule has 0 saturated carbocycles. The number of thioether (sulfide) groups is 1. The number of anilines is 1. The summed E-state index contributed by atoms with van der Waals surface area (Å²) in [6.07, 6.45) is 2.08. The van der Waals surface area contributed by atoms with Crippen LogP contribution in [0.25, 0.3) is 0 Å². The zero-order valence-corrected chi connectivity index (χ0v) is 18.8. The van der Waals surface area contributed by atoms with Crippen molar-refractivity contribution in [3.63, 3.8) is 0 Å². The van der Waals surface area contributed by atoms with Crippen molar-refractivity contribution in [1.82, 2.24) is 4.72 Å². The molecule has 0 fully saturated rings. The first-order chi connectivity index (χ1) is 13.7. The summed E-state index contributed by atoms with van der Waals surface area (Å²) in [4.78, 5) is 23.5. The Bertz CT molecular complexity index is 948. The van der Waals surface area contributed by atoms with Crippen LogP contribution >= 0.6 is 27.7 Å². The van der Waals surface area contributed by atoms with Gasteiger partial charge in [0.15, 0.2) is 0 Å². The minimum absolute atomic E-state index is 0.0701. The maximum Gasteiger partial charge on any atom is 0.307 e. The zero-order valence-electron chi connectivity index (χ0n) is 15.6. The van der Waals surface area contributed by atoms with E-state index in [4.69, 9.17) is 5.11 Å². The number of carboxylic acid groups (broad SMARTS) is 1. The van der Waals surface area contributed by atoms with Crippen LogP contribution in [0.1, 0.15) is 12.0 Å². The summed E-state index contributed by atoms with van der Waals surface area (Å²) in [6.45, 7) is 0. The highest BCUT2D eigenvalue weighted by Crippen LogP contribution is 2.17. The number of nitrogens with one attached hydrogen (secondary N) is 2. The number of carbonyl (C=O) groups excluding carboxylic acids is 1. The second-order valence-electron chi connectivity index (χ2n) is 6.17. The van der Waals surface area contributed by atoms with Gasteiger partial charge in [0, 0.05) is 10.2 Å². The van der Waals surface area contributed by atoms with Gasteiger partial charge in [0.1, 0.15) is 6.04 Å². The van der Waals surface area contributed by atoms with Gasteiger partial charge in [0.25, 0.3) is 0 Å². The summed E-state index contributed by atoms with van der Waals surface area (Å²) < 4.78 is 28.5. The molecule has 2 aromatic rings. The lowest BCUT2D eigenvalue weighted by atomic mass is 10.1. The van der Waals surface area contributed by atoms with Crippen molar-refractivity contribution in [1.29, 1.82) is 0 Å². The number of rotatable bonds is 10. The molecule has 0 aromatic heterocycles. The van der Waals surface area contributed by atoms with E-state index in [9.17, 15) is 18.0 Å². The van der Waals surface area contributed by atoms with Gasteiger partial charge in [-0.3, -0.25) is 9.59 Å². The van der Waals surface area contributed by atoms with E-state index in [-0.39, 0.29) is 11.3 Å². The molecule has 1 atom stereocenters. The number of hydrogen-bond donors (Lipinski definition) is 3. The normalized spacial score (nSPS) is 12.3. The average molecular weight is 501 g/mol. The Morgan fingerprint density at radius 1 is 1.10 bits per heavy atom. The van der Waals surface area contributed by atoms with E-state index in [1.807, 2.05) is 6.26 Å². The quantitative estimate of drug-likeness (QED) is 0.461. The van der Waals surface area contributed by atoms with Crippen LogP contribution in [0.5, 0.6) is 0 Å². The number of aliphatic carboxylic acids is 1. The molecule has 3 N–H and O–H groups in total. The van der Waals surface area contributed by atoms with Crippen molar-refractivity contribution in [2.45, 2.75) is 23.8 Å². The standard InChI is InChI=1S/C19H21BrN2O5S2/c1-28-11-10-17(22-29(26,27)16-8-4-14(20)5-9-16)19(25)21-15-6-2-13(3-7-15)12-18(23)24/h2-9,17,22H,10-12H2,1H3,(H,21,25)(H,23,24). The minimum atomic E-state index is -3.87. The molecule has 156 valence electrons. The van der Waals surface area contributed by atoms with Crippen molar-refractivity contribution in [2.75, 3.05) is 17.3 Å². The van der Waals surface area contributed by atoms with Gasteiger partial charge in [-0.05, 0) is 60.4 Å². The maximum absolute atomic E-state index is 12.7. The molecule has 0 bridgehead atoms. The van der Waals surface area contributed by atoms with Crippen molar-refractivity contribution < 1.29 is 23.1 Å². The highest BCUT2D eigenvalue weighted by atomic mass is 79.9. The lowest BCUT2D eigenvalue weighted by Gasteiger charge is -2.18. The molecule has 2 aromatic carbocycles. The van der Waals surface area contributed by atoms with E-state index >= 15 is 0 Å². The molecule has 10 heteroatoms. The molecular weight excluding hydrogens is 480 g/mol. The number of benzene rings is 2. The van der Waals surface area contributed by atoms with E-state index in [1.165, 1.54) is 23.9 Å².